The third-order valence-corrected chi connectivity index (χ3v) is 6.97. The lowest BCUT2D eigenvalue weighted by Gasteiger charge is -2.15. The van der Waals surface area contributed by atoms with E-state index in [1.807, 2.05) is 0 Å². The topological polar surface area (TPSA) is 118 Å². The third-order valence-electron chi connectivity index (χ3n) is 4.45. The highest BCUT2D eigenvalue weighted by Crippen LogP contribution is 2.31. The number of benzene rings is 2. The summed E-state index contributed by atoms with van der Waals surface area (Å²) in [7, 11) is -2.31. The first-order chi connectivity index (χ1) is 15.3. The first-order valence-corrected chi connectivity index (χ1v) is 11.8. The van der Waals surface area contributed by atoms with Crippen LogP contribution in [0.4, 0.5) is 16.5 Å². The normalized spacial score (nSPS) is 14.1. The van der Waals surface area contributed by atoms with E-state index in [2.05, 4.69) is 15.0 Å². The van der Waals surface area contributed by atoms with Crippen LogP contribution in [-0.2, 0) is 19.6 Å². The van der Waals surface area contributed by atoms with Gasteiger partial charge in [0.1, 0.15) is 16.5 Å². The molecule has 0 atom stereocenters. The quantitative estimate of drug-likeness (QED) is 0.487. The van der Waals surface area contributed by atoms with Crippen molar-refractivity contribution in [2.24, 2.45) is 0 Å². The van der Waals surface area contributed by atoms with Crippen molar-refractivity contribution >= 4 is 61.3 Å². The zero-order valence-electron chi connectivity index (χ0n) is 16.4. The number of rotatable bonds is 7. The van der Waals surface area contributed by atoms with Crippen molar-refractivity contribution in [1.29, 1.82) is 0 Å². The summed E-state index contributed by atoms with van der Waals surface area (Å²) in [5, 5.41) is 4.43. The molecule has 2 heterocycles. The molecule has 4 rings (SSSR count). The monoisotopic (exact) mass is 490 g/mol. The smallest absolute Gasteiger partial charge is 0.283 e. The highest BCUT2D eigenvalue weighted by Gasteiger charge is 2.39. The number of hydrogen-bond acceptors (Lipinski definition) is 8. The number of imide groups is 1. The number of hydrogen-bond donors (Lipinski definition) is 2. The molecule has 2 N–H and O–H groups in total. The summed E-state index contributed by atoms with van der Waals surface area (Å²) in [6.07, 6.45) is 1.49. The van der Waals surface area contributed by atoms with E-state index in [-0.39, 0.29) is 20.8 Å². The van der Waals surface area contributed by atoms with Gasteiger partial charge >= 0.3 is 0 Å². The molecule has 1 aromatic heterocycles. The predicted octanol–water partition coefficient (Wildman–Crippen LogP) is 3.39. The van der Waals surface area contributed by atoms with Gasteiger partial charge in [0.05, 0.1) is 17.7 Å². The van der Waals surface area contributed by atoms with Gasteiger partial charge in [-0.15, -0.1) is 11.3 Å². The molecule has 9 nitrogen and oxygen atoms in total. The van der Waals surface area contributed by atoms with E-state index >= 15 is 0 Å². The molecule has 0 radical (unpaired) electrons. The second-order valence-electron chi connectivity index (χ2n) is 6.42. The first-order valence-electron chi connectivity index (χ1n) is 9.02. The standard InChI is InChI=1S/C20H15ClN4O5S2/c1-30-14-6-4-13(5-7-14)25-18(26)16(21)17(19(25)27)23-12-2-8-15(9-3-12)32(28,29)24-20-22-10-11-31-20/h2-11,23H,1H3,(H,22,24). The van der Waals surface area contributed by atoms with Crippen LogP contribution in [0, 0.1) is 0 Å². The van der Waals surface area contributed by atoms with Gasteiger partial charge in [-0.1, -0.05) is 11.6 Å². The minimum atomic E-state index is -3.82. The molecule has 3 aromatic rings. The van der Waals surface area contributed by atoms with Crippen LogP contribution in [0.3, 0.4) is 0 Å². The summed E-state index contributed by atoms with van der Waals surface area (Å²) in [5.41, 5.74) is 0.610. The summed E-state index contributed by atoms with van der Waals surface area (Å²) in [6, 6.07) is 12.0. The molecule has 0 spiro atoms. The lowest BCUT2D eigenvalue weighted by Crippen LogP contribution is -2.32. The number of nitrogens with one attached hydrogen (secondary N) is 2. The Labute approximate surface area is 192 Å². The van der Waals surface area contributed by atoms with Crippen LogP contribution in [-0.4, -0.2) is 32.3 Å². The van der Waals surface area contributed by atoms with Gasteiger partial charge < -0.3 is 10.1 Å². The molecule has 2 amide bonds. The van der Waals surface area contributed by atoms with Crippen molar-refractivity contribution in [3.63, 3.8) is 0 Å². The van der Waals surface area contributed by atoms with Crippen LogP contribution in [0.15, 0.2) is 75.7 Å². The Morgan fingerprint density at radius 1 is 1.03 bits per heavy atom. The van der Waals surface area contributed by atoms with Crippen molar-refractivity contribution in [3.8, 4) is 5.75 Å². The average Bonchev–Trinajstić information content (AvgIpc) is 3.36. The molecule has 0 saturated heterocycles. The van der Waals surface area contributed by atoms with Gasteiger partial charge in [0.2, 0.25) is 0 Å². The fourth-order valence-corrected chi connectivity index (χ4v) is 4.89. The minimum Gasteiger partial charge on any atom is -0.497 e. The largest absolute Gasteiger partial charge is 0.497 e. The Bertz CT molecular complexity index is 1310. The molecule has 2 aromatic carbocycles. The number of aromatic nitrogens is 1. The van der Waals surface area contributed by atoms with Gasteiger partial charge in [-0.25, -0.2) is 18.3 Å². The summed E-state index contributed by atoms with van der Waals surface area (Å²) in [4.78, 5) is 30.3. The van der Waals surface area contributed by atoms with E-state index in [0.29, 0.717) is 17.1 Å². The van der Waals surface area contributed by atoms with Crippen LogP contribution >= 0.6 is 22.9 Å². The van der Waals surface area contributed by atoms with Crippen molar-refractivity contribution in [2.45, 2.75) is 4.90 Å². The Morgan fingerprint density at radius 3 is 2.31 bits per heavy atom. The molecule has 0 fully saturated rings. The lowest BCUT2D eigenvalue weighted by atomic mass is 10.2. The van der Waals surface area contributed by atoms with E-state index in [9.17, 15) is 18.0 Å². The third kappa shape index (κ3) is 4.17. The highest BCUT2D eigenvalue weighted by molar-refractivity contribution is 7.93. The maximum Gasteiger partial charge on any atom is 0.283 e. The second kappa shape index (κ2) is 8.61. The highest BCUT2D eigenvalue weighted by atomic mass is 35.5. The van der Waals surface area contributed by atoms with Gasteiger partial charge in [0.25, 0.3) is 21.8 Å². The Kier molecular flexibility index (Phi) is 5.87. The summed E-state index contributed by atoms with van der Waals surface area (Å²) in [6.45, 7) is 0. The Balaban J connectivity index is 1.52. The molecule has 0 bridgehead atoms. The summed E-state index contributed by atoms with van der Waals surface area (Å²) >= 11 is 7.28. The van der Waals surface area contributed by atoms with E-state index in [0.717, 1.165) is 16.2 Å². The van der Waals surface area contributed by atoms with Crippen molar-refractivity contribution in [2.75, 3.05) is 22.0 Å². The van der Waals surface area contributed by atoms with Crippen molar-refractivity contribution < 1.29 is 22.7 Å². The number of carbonyl (C=O) groups is 2. The van der Waals surface area contributed by atoms with E-state index in [4.69, 9.17) is 16.3 Å². The van der Waals surface area contributed by atoms with Crippen LogP contribution in [0.1, 0.15) is 0 Å². The lowest BCUT2D eigenvalue weighted by molar-refractivity contribution is -0.120. The second-order valence-corrected chi connectivity index (χ2v) is 9.38. The number of anilines is 3. The predicted molar refractivity (Wildman–Crippen MR) is 121 cm³/mol. The van der Waals surface area contributed by atoms with Gasteiger partial charge in [-0.2, -0.15) is 0 Å². The number of carbonyl (C=O) groups excluding carboxylic acids is 2. The van der Waals surface area contributed by atoms with E-state index in [1.165, 1.54) is 37.6 Å². The molecular weight excluding hydrogens is 476 g/mol. The molecule has 0 unspecified atom stereocenters. The molecule has 32 heavy (non-hydrogen) atoms. The molecular formula is C20H15ClN4O5S2. The zero-order chi connectivity index (χ0) is 22.9. The van der Waals surface area contributed by atoms with Crippen molar-refractivity contribution in [3.05, 3.63) is 70.8 Å². The molecule has 1 aliphatic heterocycles. The van der Waals surface area contributed by atoms with E-state index in [1.54, 1.807) is 29.6 Å². The van der Waals surface area contributed by atoms with Gasteiger partial charge in [-0.3, -0.25) is 14.3 Å². The Morgan fingerprint density at radius 2 is 1.72 bits per heavy atom. The first kappa shape index (κ1) is 21.8. The number of methoxy groups -OCH3 is 1. The molecule has 12 heteroatoms. The maximum absolute atomic E-state index is 12.8. The minimum absolute atomic E-state index is 0.00649. The van der Waals surface area contributed by atoms with E-state index < -0.39 is 21.8 Å². The zero-order valence-corrected chi connectivity index (χ0v) is 18.8. The Hall–Kier alpha value is -3.41. The van der Waals surface area contributed by atoms with Crippen LogP contribution in [0.2, 0.25) is 0 Å². The number of sulfonamides is 1. The fraction of sp³-hybridized carbons (Fsp3) is 0.0500. The summed E-state index contributed by atoms with van der Waals surface area (Å²) in [5.74, 6) is -0.729. The molecule has 1 aliphatic rings. The van der Waals surface area contributed by atoms with Gasteiger partial charge in [0, 0.05) is 17.3 Å². The van der Waals surface area contributed by atoms with Crippen LogP contribution in [0.5, 0.6) is 5.75 Å². The van der Waals surface area contributed by atoms with Crippen molar-refractivity contribution in [1.82, 2.24) is 4.98 Å². The van der Waals surface area contributed by atoms with Gasteiger partial charge in [-0.05, 0) is 48.5 Å². The van der Waals surface area contributed by atoms with Crippen LogP contribution < -0.4 is 19.7 Å². The fourth-order valence-electron chi connectivity index (χ4n) is 2.89. The maximum atomic E-state index is 12.8. The summed E-state index contributed by atoms with van der Waals surface area (Å²) < 4.78 is 32.3. The molecule has 0 aliphatic carbocycles. The molecule has 164 valence electrons. The van der Waals surface area contributed by atoms with Gasteiger partial charge in [0.15, 0.2) is 5.13 Å². The number of amides is 2. The SMILES string of the molecule is COc1ccc(N2C(=O)C(Cl)=C(Nc3ccc(S(=O)(=O)Nc4nccs4)cc3)C2=O)cc1. The number of thiazole rings is 1. The number of ether oxygens (including phenoxy) is 1. The van der Waals surface area contributed by atoms with Crippen LogP contribution in [0.25, 0.3) is 0 Å². The molecule has 0 saturated carbocycles. The number of nitrogens with zero attached hydrogens (tertiary/aromatic N) is 2. The number of halogens is 1. The average molecular weight is 491 g/mol.